The van der Waals surface area contributed by atoms with Crippen LogP contribution in [0.1, 0.15) is 33.1 Å². The summed E-state index contributed by atoms with van der Waals surface area (Å²) >= 11 is 1.66. The zero-order valence-corrected chi connectivity index (χ0v) is 13.5. The smallest absolute Gasteiger partial charge is 0.252 e. The van der Waals surface area contributed by atoms with Crippen LogP contribution in [0.5, 0.6) is 0 Å². The highest BCUT2D eigenvalue weighted by molar-refractivity contribution is 7.99. The quantitative estimate of drug-likeness (QED) is 0.804. The molecule has 2 fully saturated rings. The lowest BCUT2D eigenvalue weighted by atomic mass is 9.96. The highest BCUT2D eigenvalue weighted by atomic mass is 32.2. The Morgan fingerprint density at radius 1 is 1.55 bits per heavy atom. The van der Waals surface area contributed by atoms with Crippen molar-refractivity contribution in [1.29, 1.82) is 0 Å². The zero-order chi connectivity index (χ0) is 14.6. The van der Waals surface area contributed by atoms with Gasteiger partial charge in [-0.15, -0.1) is 0 Å². The van der Waals surface area contributed by atoms with Crippen molar-refractivity contribution < 1.29 is 9.90 Å². The van der Waals surface area contributed by atoms with Gasteiger partial charge < -0.3 is 15.3 Å². The molecule has 0 aromatic rings. The van der Waals surface area contributed by atoms with Crippen molar-refractivity contribution in [2.24, 2.45) is 11.8 Å². The van der Waals surface area contributed by atoms with Gasteiger partial charge in [-0.05, 0) is 43.4 Å². The van der Waals surface area contributed by atoms with E-state index in [0.717, 1.165) is 18.8 Å². The van der Waals surface area contributed by atoms with Crippen LogP contribution in [-0.2, 0) is 4.79 Å². The standard InChI is InChI=1S/C15H28N2O2S/c1-12(2)9-17-6-3-4-13(10-17)8-16-14(18)15(19)5-7-20-11-15/h12-13,19H,3-11H2,1-2H3,(H,16,18). The van der Waals surface area contributed by atoms with E-state index in [9.17, 15) is 9.90 Å². The normalized spacial score (nSPS) is 31.7. The molecular formula is C15H28N2O2S. The number of nitrogens with one attached hydrogen (secondary N) is 1. The topological polar surface area (TPSA) is 52.6 Å². The van der Waals surface area contributed by atoms with Gasteiger partial charge in [-0.25, -0.2) is 0 Å². The highest BCUT2D eigenvalue weighted by Gasteiger charge is 2.39. The van der Waals surface area contributed by atoms with Gasteiger partial charge in [-0.3, -0.25) is 4.79 Å². The van der Waals surface area contributed by atoms with Crippen molar-refractivity contribution in [2.75, 3.05) is 37.7 Å². The number of carbonyl (C=O) groups excluding carboxylic acids is 1. The summed E-state index contributed by atoms with van der Waals surface area (Å²) in [4.78, 5) is 14.6. The van der Waals surface area contributed by atoms with Crippen molar-refractivity contribution in [3.63, 3.8) is 0 Å². The van der Waals surface area contributed by atoms with E-state index in [4.69, 9.17) is 0 Å². The predicted octanol–water partition coefficient (Wildman–Crippen LogP) is 1.34. The van der Waals surface area contributed by atoms with Gasteiger partial charge >= 0.3 is 0 Å². The maximum absolute atomic E-state index is 12.1. The molecule has 0 aromatic carbocycles. The van der Waals surface area contributed by atoms with Gasteiger partial charge in [0.05, 0.1) is 0 Å². The fourth-order valence-electron chi connectivity index (χ4n) is 3.13. The van der Waals surface area contributed by atoms with Crippen LogP contribution in [0.15, 0.2) is 0 Å². The molecule has 2 saturated heterocycles. The number of likely N-dealkylation sites (tertiary alicyclic amines) is 1. The summed E-state index contributed by atoms with van der Waals surface area (Å²) in [5, 5.41) is 13.2. The molecule has 2 N–H and O–H groups in total. The first-order valence-electron chi connectivity index (χ1n) is 7.80. The molecule has 2 atom stereocenters. The second-order valence-corrected chi connectivity index (χ2v) is 7.81. The SMILES string of the molecule is CC(C)CN1CCCC(CNC(=O)C2(O)CCSC2)C1. The summed E-state index contributed by atoms with van der Waals surface area (Å²) in [6.07, 6.45) is 2.99. The van der Waals surface area contributed by atoms with Crippen molar-refractivity contribution in [2.45, 2.75) is 38.7 Å². The molecule has 2 unspecified atom stereocenters. The number of rotatable bonds is 5. The van der Waals surface area contributed by atoms with Crippen molar-refractivity contribution in [1.82, 2.24) is 10.2 Å². The minimum atomic E-state index is -1.11. The molecule has 1 amide bonds. The van der Waals surface area contributed by atoms with E-state index in [1.54, 1.807) is 11.8 Å². The predicted molar refractivity (Wildman–Crippen MR) is 83.9 cm³/mol. The van der Waals surface area contributed by atoms with Crippen molar-refractivity contribution in [3.05, 3.63) is 0 Å². The summed E-state index contributed by atoms with van der Waals surface area (Å²) in [7, 11) is 0. The minimum Gasteiger partial charge on any atom is -0.379 e. The Hall–Kier alpha value is -0.260. The first-order valence-corrected chi connectivity index (χ1v) is 8.96. The summed E-state index contributed by atoms with van der Waals surface area (Å²) < 4.78 is 0. The third-order valence-corrected chi connectivity index (χ3v) is 5.38. The van der Waals surface area contributed by atoms with Gasteiger partial charge in [0.25, 0.3) is 5.91 Å². The molecule has 2 heterocycles. The van der Waals surface area contributed by atoms with Gasteiger partial charge in [0, 0.05) is 25.4 Å². The highest BCUT2D eigenvalue weighted by Crippen LogP contribution is 2.28. The van der Waals surface area contributed by atoms with Crippen LogP contribution in [0.25, 0.3) is 0 Å². The lowest BCUT2D eigenvalue weighted by Gasteiger charge is -2.34. The Morgan fingerprint density at radius 3 is 3.00 bits per heavy atom. The number of carbonyl (C=O) groups is 1. The molecule has 116 valence electrons. The van der Waals surface area contributed by atoms with Crippen LogP contribution in [0.2, 0.25) is 0 Å². The molecule has 0 radical (unpaired) electrons. The molecule has 2 aliphatic heterocycles. The summed E-state index contributed by atoms with van der Waals surface area (Å²) in [6.45, 7) is 8.61. The van der Waals surface area contributed by atoms with Crippen LogP contribution in [0.3, 0.4) is 0 Å². The Labute approximate surface area is 126 Å². The van der Waals surface area contributed by atoms with Gasteiger partial charge in [0.15, 0.2) is 5.60 Å². The first-order chi connectivity index (χ1) is 9.49. The van der Waals surface area contributed by atoms with Crippen LogP contribution in [-0.4, -0.2) is 59.2 Å². The number of piperidine rings is 1. The summed E-state index contributed by atoms with van der Waals surface area (Å²) in [5.41, 5.74) is -1.11. The second kappa shape index (κ2) is 7.14. The Bertz CT molecular complexity index is 330. The fraction of sp³-hybridized carbons (Fsp3) is 0.933. The largest absolute Gasteiger partial charge is 0.379 e. The van der Waals surface area contributed by atoms with Gasteiger partial charge in [0.2, 0.25) is 0 Å². The number of nitrogens with zero attached hydrogens (tertiary/aromatic N) is 1. The minimum absolute atomic E-state index is 0.163. The van der Waals surface area contributed by atoms with Crippen LogP contribution in [0.4, 0.5) is 0 Å². The monoisotopic (exact) mass is 300 g/mol. The maximum atomic E-state index is 12.1. The Balaban J connectivity index is 1.74. The van der Waals surface area contributed by atoms with E-state index in [0.29, 0.717) is 30.6 Å². The maximum Gasteiger partial charge on any atom is 0.252 e. The number of hydrogen-bond donors (Lipinski definition) is 2. The summed E-state index contributed by atoms with van der Waals surface area (Å²) in [5.74, 6) is 2.49. The molecule has 0 bridgehead atoms. The lowest BCUT2D eigenvalue weighted by Crippen LogP contribution is -2.50. The van der Waals surface area contributed by atoms with E-state index in [1.807, 2.05) is 0 Å². The average molecular weight is 300 g/mol. The Morgan fingerprint density at radius 2 is 2.35 bits per heavy atom. The van der Waals surface area contributed by atoms with Crippen LogP contribution < -0.4 is 5.32 Å². The van der Waals surface area contributed by atoms with E-state index < -0.39 is 5.60 Å². The van der Waals surface area contributed by atoms with E-state index in [-0.39, 0.29) is 5.91 Å². The third kappa shape index (κ3) is 4.37. The first kappa shape index (κ1) is 16.1. The lowest BCUT2D eigenvalue weighted by molar-refractivity contribution is -0.137. The number of thioether (sulfide) groups is 1. The van der Waals surface area contributed by atoms with Crippen LogP contribution in [0, 0.1) is 11.8 Å². The van der Waals surface area contributed by atoms with E-state index >= 15 is 0 Å². The van der Waals surface area contributed by atoms with E-state index in [1.165, 1.54) is 19.4 Å². The molecular weight excluding hydrogens is 272 g/mol. The molecule has 5 heteroatoms. The molecule has 0 saturated carbocycles. The van der Waals surface area contributed by atoms with Gasteiger partial charge in [0.1, 0.15) is 0 Å². The molecule has 0 spiro atoms. The number of hydrogen-bond acceptors (Lipinski definition) is 4. The summed E-state index contributed by atoms with van der Waals surface area (Å²) in [6, 6.07) is 0. The number of amides is 1. The Kier molecular flexibility index (Phi) is 5.75. The third-order valence-electron chi connectivity index (χ3n) is 4.20. The molecule has 2 rings (SSSR count). The second-order valence-electron chi connectivity index (χ2n) is 6.71. The molecule has 2 aliphatic rings. The van der Waals surface area contributed by atoms with E-state index in [2.05, 4.69) is 24.1 Å². The molecule has 0 aliphatic carbocycles. The van der Waals surface area contributed by atoms with Gasteiger partial charge in [-0.2, -0.15) is 11.8 Å². The molecule has 0 aromatic heterocycles. The zero-order valence-electron chi connectivity index (χ0n) is 12.7. The number of aliphatic hydroxyl groups is 1. The van der Waals surface area contributed by atoms with Crippen molar-refractivity contribution in [3.8, 4) is 0 Å². The fourth-order valence-corrected chi connectivity index (χ4v) is 4.37. The van der Waals surface area contributed by atoms with Crippen molar-refractivity contribution >= 4 is 17.7 Å². The van der Waals surface area contributed by atoms with Gasteiger partial charge in [-0.1, -0.05) is 13.8 Å². The van der Waals surface area contributed by atoms with Crippen LogP contribution >= 0.6 is 11.8 Å². The molecule has 4 nitrogen and oxygen atoms in total. The molecule has 20 heavy (non-hydrogen) atoms. The average Bonchev–Trinajstić information content (AvgIpc) is 2.84.